The molecule has 4 aliphatic carbocycles. The fourth-order valence-corrected chi connectivity index (χ4v) is 14.4. The Bertz CT molecular complexity index is 3510. The van der Waals surface area contributed by atoms with Crippen molar-refractivity contribution in [1.29, 1.82) is 0 Å². The van der Waals surface area contributed by atoms with Gasteiger partial charge in [0, 0.05) is 35.4 Å². The molecule has 4 aliphatic rings. The number of carbonyl (C=O) groups excluding carboxylic acids is 4. The first-order chi connectivity index (χ1) is 44.4. The molecule has 0 N–H and O–H groups in total. The second-order valence-electron chi connectivity index (χ2n) is 27.1. The lowest BCUT2D eigenvalue weighted by molar-refractivity contribution is 0.0586. The number of hydrogen-bond donors (Lipinski definition) is 0. The molecule has 20 heteroatoms. The van der Waals surface area contributed by atoms with Gasteiger partial charge in [-0.1, -0.05) is 81.1 Å². The zero-order valence-corrected chi connectivity index (χ0v) is 56.8. The van der Waals surface area contributed by atoms with Gasteiger partial charge in [-0.25, -0.2) is 55.5 Å². The third-order valence-electron chi connectivity index (χ3n) is 19.7. The fraction of sp³-hybridized carbons (Fsp3) is 0.486. The Balaban J connectivity index is 0.000000179. The first-order valence-electron chi connectivity index (χ1n) is 31.5. The summed E-state index contributed by atoms with van der Waals surface area (Å²) in [5.41, 5.74) is 4.35. The number of pyridine rings is 2. The Kier molecular flexibility index (Phi) is 23.8. The van der Waals surface area contributed by atoms with Crippen LogP contribution in [0.4, 0.5) is 26.3 Å². The molecule has 0 radical (unpaired) electrons. The van der Waals surface area contributed by atoms with Crippen molar-refractivity contribution in [3.8, 4) is 45.5 Å². The minimum atomic E-state index is -0.746. The van der Waals surface area contributed by atoms with Crippen LogP contribution in [-0.2, 0) is 18.9 Å². The largest absolute Gasteiger partial charge is 0.496 e. The van der Waals surface area contributed by atoms with Gasteiger partial charge < -0.3 is 37.9 Å². The number of carbonyl (C=O) groups is 4. The molecule has 0 bridgehead atoms. The molecule has 2 heterocycles. The van der Waals surface area contributed by atoms with E-state index in [1.54, 1.807) is 12.1 Å². The van der Waals surface area contributed by atoms with Crippen LogP contribution in [0, 0.1) is 56.6 Å². The first-order valence-corrected chi connectivity index (χ1v) is 31.5. The predicted octanol–water partition coefficient (Wildman–Crippen LogP) is 18.1. The van der Waals surface area contributed by atoms with Gasteiger partial charge in [0.2, 0.25) is 11.8 Å². The quantitative estimate of drug-likeness (QED) is 0.0574. The molecule has 94 heavy (non-hydrogen) atoms. The molecule has 0 spiro atoms. The van der Waals surface area contributed by atoms with E-state index in [1.165, 1.54) is 105 Å². The average Bonchev–Trinajstić information content (AvgIpc) is 1.41. The highest BCUT2D eigenvalue weighted by Crippen LogP contribution is 2.55. The van der Waals surface area contributed by atoms with Crippen molar-refractivity contribution in [3.05, 3.63) is 152 Å². The van der Waals surface area contributed by atoms with Gasteiger partial charge in [0.15, 0.2) is 0 Å². The Morgan fingerprint density at radius 1 is 0.340 bits per heavy atom. The summed E-state index contributed by atoms with van der Waals surface area (Å²) < 4.78 is 126. The molecular formula is C74H88F6N2O12. The van der Waals surface area contributed by atoms with Crippen LogP contribution in [0.2, 0.25) is 0 Å². The standard InChI is InChI=1S/2C21H23F2NO3.2C16H21FO3/c2*1-21(2)7-5-6-16(21)13-8-15(20(25)27-4)17(22)9-12(13)14-10-19(26-3)24-11-18(14)23;2*1-16(2)7-5-6-12(16)10-8-11(15(18)20-4)13(17)9-14(10)19-3/h2*8-11,16H,5-7H2,1-4H3;2*8-9,12H,5-7H2,1-4H3/t2*16-;2*12-/m1010/s1. The normalized spacial score (nSPS) is 19.4. The van der Waals surface area contributed by atoms with E-state index in [9.17, 15) is 45.5 Å². The first kappa shape index (κ1) is 73.3. The molecular weight excluding hydrogens is 1220 g/mol. The number of aromatic nitrogens is 2. The molecule has 4 atom stereocenters. The van der Waals surface area contributed by atoms with Crippen molar-refractivity contribution in [2.45, 2.75) is 156 Å². The highest BCUT2D eigenvalue weighted by Gasteiger charge is 2.42. The van der Waals surface area contributed by atoms with E-state index in [2.05, 4.69) is 74.8 Å². The van der Waals surface area contributed by atoms with E-state index in [0.29, 0.717) is 22.6 Å². The highest BCUT2D eigenvalue weighted by atomic mass is 19.1. The summed E-state index contributed by atoms with van der Waals surface area (Å²) in [5.74, 6) is -4.48. The van der Waals surface area contributed by atoms with E-state index in [0.717, 1.165) is 112 Å². The maximum absolute atomic E-state index is 14.7. The summed E-state index contributed by atoms with van der Waals surface area (Å²) in [7, 11) is 10.9. The molecule has 14 nitrogen and oxygen atoms in total. The molecule has 4 saturated carbocycles. The summed E-state index contributed by atoms with van der Waals surface area (Å²) in [6, 6.07) is 14.1. The van der Waals surface area contributed by atoms with Crippen molar-refractivity contribution < 1.29 is 83.4 Å². The number of benzene rings is 4. The number of halogens is 6. The summed E-state index contributed by atoms with van der Waals surface area (Å²) in [4.78, 5) is 55.1. The van der Waals surface area contributed by atoms with Crippen LogP contribution < -0.4 is 18.9 Å². The lowest BCUT2D eigenvalue weighted by Gasteiger charge is -2.29. The van der Waals surface area contributed by atoms with Gasteiger partial charge in [-0.2, -0.15) is 0 Å². The fourth-order valence-electron chi connectivity index (χ4n) is 14.4. The van der Waals surface area contributed by atoms with Crippen LogP contribution >= 0.6 is 0 Å². The van der Waals surface area contributed by atoms with Gasteiger partial charge in [0.1, 0.15) is 46.4 Å². The second-order valence-corrected chi connectivity index (χ2v) is 27.1. The lowest BCUT2D eigenvalue weighted by atomic mass is 9.75. The van der Waals surface area contributed by atoms with Crippen LogP contribution in [0.3, 0.4) is 0 Å². The van der Waals surface area contributed by atoms with E-state index in [-0.39, 0.29) is 90.5 Å². The molecule has 508 valence electrons. The minimum absolute atomic E-state index is 0.0222. The average molecular weight is 1310 g/mol. The van der Waals surface area contributed by atoms with Crippen LogP contribution in [0.25, 0.3) is 22.3 Å². The van der Waals surface area contributed by atoms with Crippen LogP contribution in [-0.4, -0.2) is 90.7 Å². The molecule has 2 aromatic heterocycles. The number of esters is 4. The summed E-state index contributed by atoms with van der Waals surface area (Å²) in [6.07, 6.45) is 14.5. The zero-order valence-electron chi connectivity index (χ0n) is 56.8. The molecule has 0 saturated heterocycles. The molecule has 0 unspecified atom stereocenters. The van der Waals surface area contributed by atoms with E-state index in [1.807, 2.05) is 0 Å². The zero-order chi connectivity index (χ0) is 69.4. The van der Waals surface area contributed by atoms with Gasteiger partial charge in [-0.15, -0.1) is 0 Å². The van der Waals surface area contributed by atoms with Crippen molar-refractivity contribution in [1.82, 2.24) is 9.97 Å². The molecule has 4 fully saturated rings. The molecule has 6 aromatic rings. The van der Waals surface area contributed by atoms with Gasteiger partial charge in [-0.05, 0) is 166 Å². The molecule has 10 rings (SSSR count). The Morgan fingerprint density at radius 2 is 0.596 bits per heavy atom. The van der Waals surface area contributed by atoms with E-state index in [4.69, 9.17) is 28.4 Å². The SMILES string of the molecule is COC(=O)c1cc([C@@H]2CCCC2(C)C)c(-c2cc(OC)ncc2F)cc1F.COC(=O)c1cc([C@@H]2CCCC2(C)C)c(OC)cc1F.COC(=O)c1cc([C@H]2CCCC2(C)C)c(-c2cc(OC)ncc2F)cc1F.COC(=O)c1cc([C@H]2CCCC2(C)C)c(OC)cc1F. The maximum Gasteiger partial charge on any atom is 0.340 e. The van der Waals surface area contributed by atoms with Gasteiger partial charge in [-0.3, -0.25) is 0 Å². The topological polar surface area (TPSA) is 168 Å². The Hall–Kier alpha value is -8.16. The molecule has 0 amide bonds. The van der Waals surface area contributed by atoms with Crippen LogP contribution in [0.15, 0.2) is 73.1 Å². The number of hydrogen-bond acceptors (Lipinski definition) is 14. The Morgan fingerprint density at radius 3 is 0.830 bits per heavy atom. The summed E-state index contributed by atoms with van der Waals surface area (Å²) in [6.45, 7) is 17.4. The van der Waals surface area contributed by atoms with Crippen LogP contribution in [0.5, 0.6) is 23.3 Å². The number of methoxy groups -OCH3 is 8. The number of rotatable bonds is 14. The Labute approximate surface area is 547 Å². The highest BCUT2D eigenvalue weighted by molar-refractivity contribution is 5.93. The van der Waals surface area contributed by atoms with Gasteiger partial charge >= 0.3 is 23.9 Å². The van der Waals surface area contributed by atoms with Crippen molar-refractivity contribution in [2.75, 3.05) is 56.9 Å². The summed E-state index contributed by atoms with van der Waals surface area (Å²) in [5, 5.41) is 0. The van der Waals surface area contributed by atoms with E-state index >= 15 is 0 Å². The van der Waals surface area contributed by atoms with Crippen molar-refractivity contribution in [3.63, 3.8) is 0 Å². The smallest absolute Gasteiger partial charge is 0.340 e. The third kappa shape index (κ3) is 16.0. The number of ether oxygens (including phenoxy) is 8. The number of nitrogens with zero attached hydrogens (tertiary/aromatic N) is 2. The van der Waals surface area contributed by atoms with Crippen molar-refractivity contribution >= 4 is 23.9 Å². The third-order valence-corrected chi connectivity index (χ3v) is 19.7. The van der Waals surface area contributed by atoms with Crippen LogP contribution in [0.1, 0.15) is 220 Å². The lowest BCUT2D eigenvalue weighted by Crippen LogP contribution is -2.18. The van der Waals surface area contributed by atoms with E-state index < -0.39 is 58.8 Å². The second kappa shape index (κ2) is 30.5. The predicted molar refractivity (Wildman–Crippen MR) is 345 cm³/mol. The summed E-state index contributed by atoms with van der Waals surface area (Å²) >= 11 is 0. The monoisotopic (exact) mass is 1310 g/mol. The molecule has 0 aliphatic heterocycles. The molecule has 4 aromatic carbocycles. The minimum Gasteiger partial charge on any atom is -0.496 e. The van der Waals surface area contributed by atoms with Crippen molar-refractivity contribution in [2.24, 2.45) is 21.7 Å². The van der Waals surface area contributed by atoms with Gasteiger partial charge in [0.05, 0.1) is 91.5 Å². The van der Waals surface area contributed by atoms with Gasteiger partial charge in [0.25, 0.3) is 0 Å². The maximum atomic E-state index is 14.7.